The van der Waals surface area contributed by atoms with Gasteiger partial charge in [0, 0.05) is 26.0 Å². The zero-order chi connectivity index (χ0) is 73.3. The van der Waals surface area contributed by atoms with E-state index in [1.54, 1.807) is 101 Å². The lowest BCUT2D eigenvalue weighted by Crippen LogP contribution is -2.13. The molecule has 0 bridgehead atoms. The van der Waals surface area contributed by atoms with Gasteiger partial charge in [-0.2, -0.15) is 8.42 Å². The molecular weight excluding hydrogens is 1320 g/mol. The first kappa shape index (κ1) is 93.8. The highest BCUT2D eigenvalue weighted by atomic mass is 32.2. The van der Waals surface area contributed by atoms with Crippen LogP contribution in [0.4, 0.5) is 22.7 Å². The van der Waals surface area contributed by atoms with E-state index in [4.69, 9.17) is 4.55 Å². The van der Waals surface area contributed by atoms with Crippen LogP contribution < -0.4 is 0 Å². The summed E-state index contributed by atoms with van der Waals surface area (Å²) in [7, 11) is -11.4. The number of aromatic hydroxyl groups is 1. The van der Waals surface area contributed by atoms with E-state index < -0.39 is 82.9 Å². The lowest BCUT2D eigenvalue weighted by molar-refractivity contribution is -0.393. The van der Waals surface area contributed by atoms with E-state index in [2.05, 4.69) is 65.6 Å². The third-order valence-corrected chi connectivity index (χ3v) is 31.9. The Kier molecular flexibility index (Phi) is 56.0. The Morgan fingerprint density at radius 1 is 0.374 bits per heavy atom. The number of hydrogen-bond acceptors (Lipinski definition) is 12. The van der Waals surface area contributed by atoms with Crippen molar-refractivity contribution in [3.63, 3.8) is 0 Å². The number of fused-ring (bicyclic) bond motifs is 1. The van der Waals surface area contributed by atoms with Gasteiger partial charge in [0.25, 0.3) is 15.8 Å². The molecule has 0 radical (unpaired) electrons. The highest BCUT2D eigenvalue weighted by Crippen LogP contribution is 2.63. The molecule has 0 heterocycles. The van der Waals surface area contributed by atoms with Crippen LogP contribution in [0.25, 0.3) is 10.8 Å². The van der Waals surface area contributed by atoms with Gasteiger partial charge in [0.1, 0.15) is 15.8 Å². The summed E-state index contributed by atoms with van der Waals surface area (Å²) in [6.45, 7) is 18.8. The summed E-state index contributed by atoms with van der Waals surface area (Å²) in [4.78, 5) is 18.3. The first-order chi connectivity index (χ1) is 47.7. The van der Waals surface area contributed by atoms with Crippen LogP contribution in [-0.2, 0) is 20.2 Å². The van der Waals surface area contributed by atoms with Crippen molar-refractivity contribution < 1.29 is 40.9 Å². The second kappa shape index (κ2) is 59.1. The van der Waals surface area contributed by atoms with Gasteiger partial charge in [-0.25, -0.2) is 8.42 Å². The van der Waals surface area contributed by atoms with Crippen molar-refractivity contribution in [2.24, 2.45) is 10.2 Å². The van der Waals surface area contributed by atoms with E-state index in [1.807, 2.05) is 0 Å². The van der Waals surface area contributed by atoms with Crippen molar-refractivity contribution in [2.45, 2.75) is 373 Å². The second-order valence-corrected chi connectivity index (χ2v) is 40.6. The standard InChI is InChI=1S/2C32H68P.C16H10N4O11S2/c2*1-5-9-13-17-18-19-20-21-22-23-24-28-32-33(29-25-14-10-6-2,30-26-15-11-7-3)31-27-16-12-8-4;21-16-11-3-2-10(32(26,27)28)5-8(11)6-14(33(29,30)31)15(16)18-17-12-4-1-9(19(22)23)7-13(12)20(24)25/h2*5-32H2,1-4H3;1-7,21H,(H,26,27,28)(H,29,30,31)/q2*+1;/p-1. The fourth-order valence-corrected chi connectivity index (χ4v) is 24.9. The normalized spacial score (nSPS) is 12.1. The third-order valence-electron chi connectivity index (χ3n) is 20.1. The highest BCUT2D eigenvalue weighted by Gasteiger charge is 2.36. The van der Waals surface area contributed by atoms with Gasteiger partial charge in [-0.05, 0) is 138 Å². The number of nitrogens with zero attached hydrogens (tertiary/aromatic N) is 4. The molecule has 0 saturated heterocycles. The van der Waals surface area contributed by atoms with Crippen molar-refractivity contribution in [1.29, 1.82) is 0 Å². The number of non-ortho nitro benzene ring substituents is 1. The Balaban J connectivity index is 0.000000742. The molecule has 572 valence electrons. The van der Waals surface area contributed by atoms with Gasteiger partial charge in [0.05, 0.1) is 75.0 Å². The summed E-state index contributed by atoms with van der Waals surface area (Å²) < 4.78 is 66.9. The number of nitro benzene ring substituents is 2. The van der Waals surface area contributed by atoms with Gasteiger partial charge in [0.15, 0.2) is 11.4 Å². The van der Waals surface area contributed by atoms with Crippen LogP contribution in [0.5, 0.6) is 5.75 Å². The SMILES string of the molecule is CCCCCCCCCCCCCC[P+](CCCCCC)(CCCCCC)CCCCCC.CCCCCCCCCCCCCC[P+](CCCCCC)(CCCCCC)CCCCCC.O=[N+]([O-])c1ccc(N=Nc2c(S(=O)(=O)[O-])cc3cc(S(=O)(=O)O)ccc3c2O)c([N+](=O)[O-])c1. The van der Waals surface area contributed by atoms with Crippen LogP contribution in [-0.4, -0.2) is 90.2 Å². The van der Waals surface area contributed by atoms with Gasteiger partial charge in [-0.1, -0.05) is 261 Å². The lowest BCUT2D eigenvalue weighted by Gasteiger charge is -2.28. The summed E-state index contributed by atoms with van der Waals surface area (Å²) in [6, 6.07) is 5.63. The summed E-state index contributed by atoms with van der Waals surface area (Å²) in [6.07, 6.45) is 84.2. The molecule has 0 spiro atoms. The first-order valence-corrected chi connectivity index (χ1v) is 48.4. The van der Waals surface area contributed by atoms with Crippen molar-refractivity contribution >= 4 is 68.3 Å². The average Bonchev–Trinajstić information content (AvgIpc) is 0.763. The van der Waals surface area contributed by atoms with Gasteiger partial charge >= 0.3 is 5.69 Å². The highest BCUT2D eigenvalue weighted by molar-refractivity contribution is 7.86. The maximum Gasteiger partial charge on any atom is 0.303 e. The zero-order valence-corrected chi connectivity index (χ0v) is 67.6. The van der Waals surface area contributed by atoms with Gasteiger partial charge in [-0.3, -0.25) is 24.8 Å². The van der Waals surface area contributed by atoms with E-state index in [9.17, 15) is 46.7 Å². The molecule has 0 aliphatic carbocycles. The van der Waals surface area contributed by atoms with Crippen LogP contribution >= 0.6 is 14.5 Å². The molecule has 0 atom stereocenters. The van der Waals surface area contributed by atoms with Crippen LogP contribution in [0.1, 0.15) is 364 Å². The van der Waals surface area contributed by atoms with Crippen molar-refractivity contribution in [1.82, 2.24) is 0 Å². The van der Waals surface area contributed by atoms with Gasteiger partial charge in [-0.15, -0.1) is 10.2 Å². The number of azo groups is 1. The van der Waals surface area contributed by atoms with Gasteiger partial charge < -0.3 is 9.66 Å². The molecule has 3 aromatic rings. The molecule has 0 fully saturated rings. The fourth-order valence-electron chi connectivity index (χ4n) is 13.9. The van der Waals surface area contributed by atoms with Crippen molar-refractivity contribution in [3.05, 3.63) is 62.7 Å². The number of unbranched alkanes of at least 4 members (excludes halogenated alkanes) is 40. The summed E-state index contributed by atoms with van der Waals surface area (Å²) in [5.41, 5.74) is -2.96. The number of hydrogen-bond donors (Lipinski definition) is 2. The van der Waals surface area contributed by atoms with Crippen LogP contribution in [0.2, 0.25) is 0 Å². The Morgan fingerprint density at radius 2 is 0.657 bits per heavy atom. The molecule has 15 nitrogen and oxygen atoms in total. The molecular formula is C80H145N4O11P2S2+. The maximum absolute atomic E-state index is 11.7. The Hall–Kier alpha value is -3.20. The second-order valence-electron chi connectivity index (χ2n) is 28.9. The number of nitro groups is 2. The van der Waals surface area contributed by atoms with E-state index in [1.165, 1.54) is 257 Å². The van der Waals surface area contributed by atoms with Crippen LogP contribution in [0.3, 0.4) is 0 Å². The molecule has 0 aromatic heterocycles. The predicted molar refractivity (Wildman–Crippen MR) is 427 cm³/mol. The fraction of sp³-hybridized carbons (Fsp3) is 0.800. The number of phenols is 1. The van der Waals surface area contributed by atoms with Crippen molar-refractivity contribution in [3.8, 4) is 5.75 Å². The minimum absolute atomic E-state index is 0.193. The number of benzene rings is 3. The largest absolute Gasteiger partial charge is 0.744 e. The van der Waals surface area contributed by atoms with E-state index >= 15 is 0 Å². The van der Waals surface area contributed by atoms with E-state index in [0.29, 0.717) is 12.1 Å². The predicted octanol–water partition coefficient (Wildman–Crippen LogP) is 27.8. The monoisotopic (exact) mass is 1460 g/mol. The minimum Gasteiger partial charge on any atom is -0.744 e. The van der Waals surface area contributed by atoms with E-state index in [-0.39, 0.29) is 10.8 Å². The quantitative estimate of drug-likeness (QED) is 0.0134. The molecule has 0 amide bonds. The smallest absolute Gasteiger partial charge is 0.303 e. The molecule has 3 aromatic carbocycles. The van der Waals surface area contributed by atoms with Crippen molar-refractivity contribution in [2.75, 3.05) is 49.3 Å². The molecule has 2 N–H and O–H groups in total. The summed E-state index contributed by atoms with van der Waals surface area (Å²) in [5.74, 6) is -0.933. The maximum atomic E-state index is 11.7. The molecule has 0 aliphatic rings. The molecule has 99 heavy (non-hydrogen) atoms. The number of phenolic OH excluding ortho intramolecular Hbond substituents is 1. The summed E-state index contributed by atoms with van der Waals surface area (Å²) in [5, 5.41) is 38.9. The Bertz CT molecular complexity index is 2680. The van der Waals surface area contributed by atoms with E-state index in [0.717, 1.165) is 30.3 Å². The lowest BCUT2D eigenvalue weighted by atomic mass is 10.1. The zero-order valence-electron chi connectivity index (χ0n) is 64.2. The number of rotatable bonds is 62. The topological polar surface area (TPSA) is 243 Å². The molecule has 0 aliphatic heterocycles. The van der Waals surface area contributed by atoms with Crippen LogP contribution in [0, 0.1) is 20.2 Å². The average molecular weight is 1470 g/mol. The van der Waals surface area contributed by atoms with Gasteiger partial charge in [0.2, 0.25) is 0 Å². The van der Waals surface area contributed by atoms with Crippen LogP contribution in [0.15, 0.2) is 62.5 Å². The third kappa shape index (κ3) is 44.3. The Labute approximate surface area is 607 Å². The molecule has 3 rings (SSSR count). The summed E-state index contributed by atoms with van der Waals surface area (Å²) >= 11 is 0. The molecule has 0 saturated carbocycles. The molecule has 19 heteroatoms. The Morgan fingerprint density at radius 3 is 0.919 bits per heavy atom. The first-order valence-electron chi connectivity index (χ1n) is 40.5. The molecule has 0 unspecified atom stereocenters. The minimum atomic E-state index is -5.34.